The van der Waals surface area contributed by atoms with E-state index in [0.29, 0.717) is 10.8 Å². The predicted octanol–water partition coefficient (Wildman–Crippen LogP) is 3.06. The summed E-state index contributed by atoms with van der Waals surface area (Å²) in [5.74, 6) is 0.520. The summed E-state index contributed by atoms with van der Waals surface area (Å²) in [6, 6.07) is 6.76. The maximum Gasteiger partial charge on any atom is 0.270 e. The van der Waals surface area contributed by atoms with Crippen LogP contribution in [0.5, 0.6) is 0 Å². The van der Waals surface area contributed by atoms with Crippen LogP contribution in [0.2, 0.25) is 0 Å². The molecule has 4 heterocycles. The number of nitrogens with one attached hydrogen (secondary N) is 1. The molecule has 1 N–H and O–H groups in total. The zero-order chi connectivity index (χ0) is 16.0. The molecule has 3 fully saturated rings. The van der Waals surface area contributed by atoms with Crippen LogP contribution < -0.4 is 5.32 Å². The number of thiophene rings is 1. The molecule has 2 bridgehead atoms. The Balaban J connectivity index is 0.00000169. The van der Waals surface area contributed by atoms with Crippen molar-refractivity contribution >= 4 is 45.4 Å². The molecular formula is C16H18ClN3O3S. The molecule has 1 atom stereocenters. The largest absolute Gasteiger partial charge is 0.347 e. The summed E-state index contributed by atoms with van der Waals surface area (Å²) in [5.41, 5.74) is 0.0590. The predicted molar refractivity (Wildman–Crippen MR) is 96.1 cm³/mol. The van der Waals surface area contributed by atoms with Crippen LogP contribution in [0, 0.1) is 16.0 Å². The number of fused-ring (bicyclic) bond motifs is 4. The lowest BCUT2D eigenvalue weighted by molar-refractivity contribution is -0.384. The van der Waals surface area contributed by atoms with Crippen molar-refractivity contribution in [3.05, 3.63) is 39.3 Å². The van der Waals surface area contributed by atoms with Gasteiger partial charge in [-0.2, -0.15) is 0 Å². The molecule has 1 aromatic heterocycles. The number of non-ortho nitro benzene ring substituents is 1. The second-order valence-electron chi connectivity index (χ2n) is 6.31. The van der Waals surface area contributed by atoms with Gasteiger partial charge in [-0.05, 0) is 49.4 Å². The number of rotatable bonds is 3. The highest BCUT2D eigenvalue weighted by molar-refractivity contribution is 7.20. The van der Waals surface area contributed by atoms with Crippen molar-refractivity contribution in [1.29, 1.82) is 0 Å². The minimum Gasteiger partial charge on any atom is -0.347 e. The van der Waals surface area contributed by atoms with E-state index in [1.807, 2.05) is 6.07 Å². The maximum atomic E-state index is 12.5. The second kappa shape index (κ2) is 6.66. The number of carbonyl (C=O) groups is 1. The van der Waals surface area contributed by atoms with Gasteiger partial charge in [-0.3, -0.25) is 14.9 Å². The van der Waals surface area contributed by atoms with Gasteiger partial charge in [-0.1, -0.05) is 0 Å². The molecule has 24 heavy (non-hydrogen) atoms. The fourth-order valence-electron chi connectivity index (χ4n) is 3.61. The number of nitro benzene ring substituents is 1. The van der Waals surface area contributed by atoms with E-state index >= 15 is 0 Å². The Labute approximate surface area is 149 Å². The Morgan fingerprint density at radius 1 is 1.29 bits per heavy atom. The summed E-state index contributed by atoms with van der Waals surface area (Å²) >= 11 is 1.32. The first-order valence-electron chi connectivity index (χ1n) is 7.81. The fourth-order valence-corrected chi connectivity index (χ4v) is 4.61. The van der Waals surface area contributed by atoms with E-state index in [9.17, 15) is 14.9 Å². The standard InChI is InChI=1S/C16H17N3O3S.ClH/c20-16(17-13-9-18-5-3-10(13)4-6-18)15-7-11-1-2-12(19(21)22)8-14(11)23-15;/h1-2,7-8,10,13H,3-6,9H2,(H,17,20);1H/t13-;/m0./s1. The third-order valence-corrected chi connectivity index (χ3v) is 6.01. The first-order chi connectivity index (χ1) is 11.1. The molecule has 0 radical (unpaired) electrons. The van der Waals surface area contributed by atoms with Crippen molar-refractivity contribution in [1.82, 2.24) is 10.2 Å². The normalized spacial score (nSPS) is 25.2. The quantitative estimate of drug-likeness (QED) is 0.668. The number of halogens is 1. The molecule has 6 nitrogen and oxygen atoms in total. The van der Waals surface area contributed by atoms with Gasteiger partial charge < -0.3 is 10.2 Å². The van der Waals surface area contributed by atoms with Gasteiger partial charge in [0.15, 0.2) is 0 Å². The van der Waals surface area contributed by atoms with Crippen LogP contribution >= 0.6 is 23.7 Å². The summed E-state index contributed by atoms with van der Waals surface area (Å²) < 4.78 is 0.776. The third kappa shape index (κ3) is 3.11. The summed E-state index contributed by atoms with van der Waals surface area (Å²) in [4.78, 5) is 26.0. The van der Waals surface area contributed by atoms with Crippen molar-refractivity contribution in [2.45, 2.75) is 18.9 Å². The highest BCUT2D eigenvalue weighted by Gasteiger charge is 2.35. The van der Waals surface area contributed by atoms with Crippen LogP contribution in [-0.2, 0) is 0 Å². The minimum atomic E-state index is -0.411. The van der Waals surface area contributed by atoms with E-state index in [1.54, 1.807) is 6.07 Å². The molecule has 8 heteroatoms. The molecular weight excluding hydrogens is 350 g/mol. The highest BCUT2D eigenvalue weighted by Crippen LogP contribution is 2.31. The minimum absolute atomic E-state index is 0. The summed E-state index contributed by atoms with van der Waals surface area (Å²) in [6.07, 6.45) is 2.31. The van der Waals surface area contributed by atoms with Crippen LogP contribution in [0.1, 0.15) is 22.5 Å². The monoisotopic (exact) mass is 367 g/mol. The SMILES string of the molecule is Cl.O=C(N[C@H]1CN2CCC1CC2)c1cc2ccc([N+](=O)[O-])cc2s1. The number of nitrogens with zero attached hydrogens (tertiary/aromatic N) is 2. The van der Waals surface area contributed by atoms with Gasteiger partial charge >= 0.3 is 0 Å². The number of piperidine rings is 3. The summed E-state index contributed by atoms with van der Waals surface area (Å²) in [5, 5.41) is 14.9. The number of amides is 1. The number of benzene rings is 1. The topological polar surface area (TPSA) is 75.5 Å². The van der Waals surface area contributed by atoms with Gasteiger partial charge in [0.05, 0.1) is 9.80 Å². The number of nitro groups is 1. The van der Waals surface area contributed by atoms with Crippen molar-refractivity contribution < 1.29 is 9.72 Å². The Bertz CT molecular complexity index is 786. The molecule has 5 rings (SSSR count). The number of carbonyl (C=O) groups excluding carboxylic acids is 1. The van der Waals surface area contributed by atoms with E-state index in [4.69, 9.17) is 0 Å². The molecule has 3 aliphatic heterocycles. The van der Waals surface area contributed by atoms with E-state index in [0.717, 1.165) is 42.6 Å². The van der Waals surface area contributed by atoms with Gasteiger partial charge in [0.1, 0.15) is 0 Å². The molecule has 0 spiro atoms. The number of hydrogen-bond donors (Lipinski definition) is 1. The van der Waals surface area contributed by atoms with Crippen LogP contribution in [-0.4, -0.2) is 41.4 Å². The van der Waals surface area contributed by atoms with Gasteiger partial charge in [0, 0.05) is 29.4 Å². The lowest BCUT2D eigenvalue weighted by Gasteiger charge is -2.44. The van der Waals surface area contributed by atoms with E-state index in [-0.39, 0.29) is 30.0 Å². The molecule has 1 aromatic carbocycles. The maximum absolute atomic E-state index is 12.5. The van der Waals surface area contributed by atoms with E-state index in [1.165, 1.54) is 23.5 Å². The zero-order valence-corrected chi connectivity index (χ0v) is 14.6. The van der Waals surface area contributed by atoms with Gasteiger partial charge in [-0.25, -0.2) is 0 Å². The smallest absolute Gasteiger partial charge is 0.270 e. The van der Waals surface area contributed by atoms with Crippen LogP contribution in [0.25, 0.3) is 10.1 Å². The van der Waals surface area contributed by atoms with Crippen LogP contribution in [0.3, 0.4) is 0 Å². The van der Waals surface area contributed by atoms with Gasteiger partial charge in [0.25, 0.3) is 11.6 Å². The van der Waals surface area contributed by atoms with Crippen molar-refractivity contribution in [3.63, 3.8) is 0 Å². The Morgan fingerprint density at radius 2 is 2.04 bits per heavy atom. The molecule has 0 unspecified atom stereocenters. The Morgan fingerprint density at radius 3 is 2.67 bits per heavy atom. The molecule has 3 saturated heterocycles. The van der Waals surface area contributed by atoms with Crippen LogP contribution in [0.15, 0.2) is 24.3 Å². The van der Waals surface area contributed by atoms with Crippen molar-refractivity contribution in [3.8, 4) is 0 Å². The molecule has 0 saturated carbocycles. The highest BCUT2D eigenvalue weighted by atomic mass is 35.5. The van der Waals surface area contributed by atoms with E-state index in [2.05, 4.69) is 10.2 Å². The molecule has 3 aliphatic rings. The van der Waals surface area contributed by atoms with Gasteiger partial charge in [-0.15, -0.1) is 23.7 Å². The molecule has 1 amide bonds. The lowest BCUT2D eigenvalue weighted by atomic mass is 9.84. The van der Waals surface area contributed by atoms with E-state index < -0.39 is 4.92 Å². The zero-order valence-electron chi connectivity index (χ0n) is 12.9. The average Bonchev–Trinajstić information content (AvgIpc) is 2.99. The Hall–Kier alpha value is -1.70. The lowest BCUT2D eigenvalue weighted by Crippen LogP contribution is -2.57. The average molecular weight is 368 g/mol. The molecule has 128 valence electrons. The number of hydrogen-bond acceptors (Lipinski definition) is 5. The second-order valence-corrected chi connectivity index (χ2v) is 7.39. The summed E-state index contributed by atoms with van der Waals surface area (Å²) in [6.45, 7) is 3.22. The van der Waals surface area contributed by atoms with Crippen molar-refractivity contribution in [2.24, 2.45) is 5.92 Å². The summed E-state index contributed by atoms with van der Waals surface area (Å²) in [7, 11) is 0. The van der Waals surface area contributed by atoms with Crippen molar-refractivity contribution in [2.75, 3.05) is 19.6 Å². The first kappa shape index (κ1) is 17.1. The molecule has 2 aromatic rings. The van der Waals surface area contributed by atoms with Gasteiger partial charge in [0.2, 0.25) is 0 Å². The first-order valence-corrected chi connectivity index (χ1v) is 8.63. The third-order valence-electron chi connectivity index (χ3n) is 4.91. The van der Waals surface area contributed by atoms with Crippen LogP contribution in [0.4, 0.5) is 5.69 Å². The fraction of sp³-hybridized carbons (Fsp3) is 0.438. The molecule has 0 aliphatic carbocycles. The Kier molecular flexibility index (Phi) is 4.76.